The van der Waals surface area contributed by atoms with Gasteiger partial charge in [0.2, 0.25) is 0 Å². The van der Waals surface area contributed by atoms with Gasteiger partial charge >= 0.3 is 0 Å². The van der Waals surface area contributed by atoms with Gasteiger partial charge in [0.15, 0.2) is 5.82 Å². The first-order chi connectivity index (χ1) is 9.71. The highest BCUT2D eigenvalue weighted by Gasteiger charge is 2.34. The van der Waals surface area contributed by atoms with Crippen molar-refractivity contribution in [3.8, 4) is 0 Å². The Morgan fingerprint density at radius 1 is 1.45 bits per heavy atom. The van der Waals surface area contributed by atoms with Gasteiger partial charge in [-0.3, -0.25) is 0 Å². The first-order valence-corrected chi connectivity index (χ1v) is 8.47. The van der Waals surface area contributed by atoms with Crippen LogP contribution in [0.3, 0.4) is 0 Å². The molecule has 0 aliphatic heterocycles. The van der Waals surface area contributed by atoms with Crippen molar-refractivity contribution in [2.24, 2.45) is 0 Å². The average Bonchev–Trinajstić information content (AvgIpc) is 3.09. The van der Waals surface area contributed by atoms with Crippen LogP contribution >= 0.6 is 11.8 Å². The highest BCUT2D eigenvalue weighted by molar-refractivity contribution is 8.00. The van der Waals surface area contributed by atoms with Gasteiger partial charge in [0.05, 0.1) is 19.2 Å². The SMILES string of the molecule is COCCNC(C)c1nnnn1CC1(SC)CCCC1. The maximum absolute atomic E-state index is 5.06. The summed E-state index contributed by atoms with van der Waals surface area (Å²) in [5.74, 6) is 0.918. The van der Waals surface area contributed by atoms with Crippen molar-refractivity contribution in [2.45, 2.75) is 49.9 Å². The van der Waals surface area contributed by atoms with Gasteiger partial charge in [-0.2, -0.15) is 11.8 Å². The lowest BCUT2D eigenvalue weighted by molar-refractivity contribution is 0.195. The predicted octanol–water partition coefficient (Wildman–Crippen LogP) is 1.65. The molecule has 1 N–H and O–H groups in total. The summed E-state index contributed by atoms with van der Waals surface area (Å²) in [5.41, 5.74) is 0. The van der Waals surface area contributed by atoms with Crippen molar-refractivity contribution >= 4 is 11.8 Å². The topological polar surface area (TPSA) is 64.9 Å². The first kappa shape index (κ1) is 15.7. The molecule has 1 aliphatic carbocycles. The number of methoxy groups -OCH3 is 1. The molecular formula is C13H25N5OS. The summed E-state index contributed by atoms with van der Waals surface area (Å²) >= 11 is 1.96. The van der Waals surface area contributed by atoms with E-state index in [0.717, 1.165) is 18.9 Å². The second-order valence-electron chi connectivity index (χ2n) is 5.46. The van der Waals surface area contributed by atoms with E-state index >= 15 is 0 Å². The fourth-order valence-electron chi connectivity index (χ4n) is 2.82. The molecule has 1 saturated carbocycles. The summed E-state index contributed by atoms with van der Waals surface area (Å²) in [7, 11) is 1.71. The Kier molecular flexibility index (Phi) is 5.80. The van der Waals surface area contributed by atoms with Crippen molar-refractivity contribution < 1.29 is 4.74 Å². The van der Waals surface area contributed by atoms with Crippen LogP contribution in [-0.4, -0.2) is 51.5 Å². The van der Waals surface area contributed by atoms with Crippen LogP contribution in [0.1, 0.15) is 44.5 Å². The Balaban J connectivity index is 2.00. The lowest BCUT2D eigenvalue weighted by atomic mass is 10.1. The molecular weight excluding hydrogens is 274 g/mol. The molecule has 0 spiro atoms. The van der Waals surface area contributed by atoms with Crippen molar-refractivity contribution in [3.05, 3.63) is 5.82 Å². The predicted molar refractivity (Wildman–Crippen MR) is 80.8 cm³/mol. The quantitative estimate of drug-likeness (QED) is 0.736. The second-order valence-corrected chi connectivity index (χ2v) is 6.73. The van der Waals surface area contributed by atoms with E-state index in [1.165, 1.54) is 25.7 Å². The van der Waals surface area contributed by atoms with E-state index in [9.17, 15) is 0 Å². The van der Waals surface area contributed by atoms with Crippen LogP contribution in [0.4, 0.5) is 0 Å². The molecule has 1 heterocycles. The zero-order valence-electron chi connectivity index (χ0n) is 12.6. The van der Waals surface area contributed by atoms with Crippen LogP contribution in [0.25, 0.3) is 0 Å². The number of nitrogens with one attached hydrogen (secondary N) is 1. The standard InChI is InChI=1S/C13H25N5OS/c1-11(14-8-9-19-2)12-15-16-17-18(12)10-13(20-3)6-4-5-7-13/h11,14H,4-10H2,1-3H3. The van der Waals surface area contributed by atoms with Gasteiger partial charge in [-0.05, 0) is 36.4 Å². The number of ether oxygens (including phenoxy) is 1. The molecule has 0 saturated heterocycles. The van der Waals surface area contributed by atoms with E-state index in [2.05, 4.69) is 34.0 Å². The Bertz CT molecular complexity index is 405. The molecule has 1 aliphatic rings. The second kappa shape index (κ2) is 7.38. The summed E-state index contributed by atoms with van der Waals surface area (Å²) in [6, 6.07) is 0.139. The number of nitrogens with zero attached hydrogens (tertiary/aromatic N) is 4. The Hall–Kier alpha value is -0.660. The van der Waals surface area contributed by atoms with E-state index in [1.807, 2.05) is 16.4 Å². The molecule has 1 aromatic heterocycles. The van der Waals surface area contributed by atoms with Gasteiger partial charge in [-0.25, -0.2) is 4.68 Å². The third kappa shape index (κ3) is 3.71. The molecule has 2 rings (SSSR count). The molecule has 1 fully saturated rings. The minimum absolute atomic E-state index is 0.139. The number of rotatable bonds is 8. The van der Waals surface area contributed by atoms with Crippen molar-refractivity contribution in [1.82, 2.24) is 25.5 Å². The van der Waals surface area contributed by atoms with Crippen LogP contribution in [0, 0.1) is 0 Å². The van der Waals surface area contributed by atoms with Gasteiger partial charge in [0, 0.05) is 18.4 Å². The van der Waals surface area contributed by atoms with E-state index in [4.69, 9.17) is 4.74 Å². The fourth-order valence-corrected chi connectivity index (χ4v) is 3.77. The van der Waals surface area contributed by atoms with Crippen LogP contribution in [-0.2, 0) is 11.3 Å². The van der Waals surface area contributed by atoms with Gasteiger partial charge in [0.25, 0.3) is 0 Å². The number of aromatic nitrogens is 4. The summed E-state index contributed by atoms with van der Waals surface area (Å²) in [5, 5.41) is 15.6. The number of hydrogen-bond acceptors (Lipinski definition) is 6. The Morgan fingerprint density at radius 3 is 2.85 bits per heavy atom. The molecule has 1 aromatic rings. The highest BCUT2D eigenvalue weighted by atomic mass is 32.2. The summed E-state index contributed by atoms with van der Waals surface area (Å²) in [6.45, 7) is 4.50. The zero-order valence-corrected chi connectivity index (χ0v) is 13.4. The maximum Gasteiger partial charge on any atom is 0.167 e. The third-order valence-corrected chi connectivity index (χ3v) is 5.49. The lowest BCUT2D eigenvalue weighted by Crippen LogP contribution is -2.31. The van der Waals surface area contributed by atoms with Crippen molar-refractivity contribution in [1.29, 1.82) is 0 Å². The Morgan fingerprint density at radius 2 is 2.20 bits per heavy atom. The molecule has 114 valence electrons. The van der Waals surface area contributed by atoms with E-state index in [-0.39, 0.29) is 6.04 Å². The normalized spacial score (nSPS) is 19.4. The van der Waals surface area contributed by atoms with E-state index in [1.54, 1.807) is 7.11 Å². The number of tetrazole rings is 1. The van der Waals surface area contributed by atoms with Gasteiger partial charge in [0.1, 0.15) is 0 Å². The fraction of sp³-hybridized carbons (Fsp3) is 0.923. The summed E-state index contributed by atoms with van der Waals surface area (Å²) in [4.78, 5) is 0. The Labute approximate surface area is 125 Å². The summed E-state index contributed by atoms with van der Waals surface area (Å²) in [6.07, 6.45) is 7.37. The van der Waals surface area contributed by atoms with Gasteiger partial charge in [-0.15, -0.1) is 5.10 Å². The minimum Gasteiger partial charge on any atom is -0.383 e. The highest BCUT2D eigenvalue weighted by Crippen LogP contribution is 2.41. The van der Waals surface area contributed by atoms with Gasteiger partial charge in [-0.1, -0.05) is 12.8 Å². The monoisotopic (exact) mass is 299 g/mol. The van der Waals surface area contributed by atoms with Crippen LogP contribution in [0.5, 0.6) is 0 Å². The molecule has 0 bridgehead atoms. The lowest BCUT2D eigenvalue weighted by Gasteiger charge is -2.27. The maximum atomic E-state index is 5.06. The number of hydrogen-bond donors (Lipinski definition) is 1. The third-order valence-electron chi connectivity index (χ3n) is 4.09. The summed E-state index contributed by atoms with van der Waals surface area (Å²) < 4.78 is 7.35. The smallest absolute Gasteiger partial charge is 0.167 e. The van der Waals surface area contributed by atoms with Crippen molar-refractivity contribution in [2.75, 3.05) is 26.5 Å². The molecule has 0 radical (unpaired) electrons. The van der Waals surface area contributed by atoms with Crippen LogP contribution in [0.2, 0.25) is 0 Å². The van der Waals surface area contributed by atoms with Crippen LogP contribution < -0.4 is 5.32 Å². The van der Waals surface area contributed by atoms with Crippen LogP contribution in [0.15, 0.2) is 0 Å². The molecule has 0 amide bonds. The molecule has 0 aromatic carbocycles. The van der Waals surface area contributed by atoms with Crippen molar-refractivity contribution in [3.63, 3.8) is 0 Å². The first-order valence-electron chi connectivity index (χ1n) is 7.24. The largest absolute Gasteiger partial charge is 0.383 e. The average molecular weight is 299 g/mol. The molecule has 20 heavy (non-hydrogen) atoms. The number of thioether (sulfide) groups is 1. The molecule has 7 heteroatoms. The zero-order chi connectivity index (χ0) is 14.4. The van der Waals surface area contributed by atoms with Gasteiger partial charge < -0.3 is 10.1 Å². The molecule has 1 atom stereocenters. The molecule has 6 nitrogen and oxygen atoms in total. The van der Waals surface area contributed by atoms with E-state index in [0.29, 0.717) is 11.4 Å². The van der Waals surface area contributed by atoms with E-state index < -0.39 is 0 Å². The minimum atomic E-state index is 0.139. The molecule has 1 unspecified atom stereocenters.